The largest absolute Gasteiger partial charge is 0.473 e. The number of hydrogen-bond donors (Lipinski definition) is 0. The number of nitrogens with zero attached hydrogens (tertiary/aromatic N) is 6. The molecule has 0 aliphatic rings. The third kappa shape index (κ3) is 5.50. The maximum Gasteiger partial charge on any atom is 0.214 e. The van der Waals surface area contributed by atoms with E-state index in [1.165, 1.54) is 35.6 Å². The number of ether oxygens (including phenoxy) is 1. The third-order valence-corrected chi connectivity index (χ3v) is 7.16. The number of halogens is 3. The van der Waals surface area contributed by atoms with Crippen molar-refractivity contribution in [1.82, 2.24) is 24.7 Å². The van der Waals surface area contributed by atoms with Gasteiger partial charge in [-0.2, -0.15) is 5.26 Å². The van der Waals surface area contributed by atoms with E-state index in [0.717, 1.165) is 34.2 Å². The van der Waals surface area contributed by atoms with E-state index < -0.39 is 17.5 Å². The van der Waals surface area contributed by atoms with Crippen LogP contribution in [0, 0.1) is 28.8 Å². The number of aromatic nitrogens is 5. The fourth-order valence-electron chi connectivity index (χ4n) is 4.46. The number of nitriles is 1. The molecule has 0 amide bonds. The van der Waals surface area contributed by atoms with Gasteiger partial charge in [0.1, 0.15) is 40.4 Å². The van der Waals surface area contributed by atoms with Crippen molar-refractivity contribution in [2.24, 2.45) is 0 Å². The molecule has 6 rings (SSSR count). The number of fused-ring (bicyclic) bond motifs is 1. The van der Waals surface area contributed by atoms with Crippen molar-refractivity contribution in [1.29, 1.82) is 5.26 Å². The van der Waals surface area contributed by atoms with Gasteiger partial charge in [-0.25, -0.2) is 23.1 Å². The van der Waals surface area contributed by atoms with Gasteiger partial charge in [0.25, 0.3) is 0 Å². The number of para-hydroxylation sites is 2. The summed E-state index contributed by atoms with van der Waals surface area (Å²) < 4.78 is 52.5. The molecule has 0 aliphatic heterocycles. The van der Waals surface area contributed by atoms with Crippen molar-refractivity contribution in [3.05, 3.63) is 123 Å². The van der Waals surface area contributed by atoms with Gasteiger partial charge in [0.2, 0.25) is 5.88 Å². The number of pyridine rings is 1. The molecule has 0 bridgehead atoms. The van der Waals surface area contributed by atoms with Crippen LogP contribution >= 0.6 is 11.3 Å². The monoisotopic (exact) mass is 568 g/mol. The second kappa shape index (κ2) is 11.2. The third-order valence-electron chi connectivity index (χ3n) is 6.47. The molecule has 0 atom stereocenters. The van der Waals surface area contributed by atoms with E-state index in [4.69, 9.17) is 10.00 Å². The van der Waals surface area contributed by atoms with Crippen LogP contribution in [-0.2, 0) is 19.6 Å². The molecule has 3 heterocycles. The number of imidazole rings is 1. The molecule has 6 aromatic rings. The molecule has 3 aromatic heterocycles. The van der Waals surface area contributed by atoms with E-state index in [9.17, 15) is 4.39 Å². The van der Waals surface area contributed by atoms with Crippen LogP contribution in [0.2, 0.25) is 0 Å². The highest BCUT2D eigenvalue weighted by Gasteiger charge is 2.18. The van der Waals surface area contributed by atoms with E-state index in [2.05, 4.69) is 20.2 Å². The van der Waals surface area contributed by atoms with E-state index in [-0.39, 0.29) is 46.9 Å². The number of rotatable bonds is 8. The number of hydrogen-bond acceptors (Lipinski definition) is 7. The van der Waals surface area contributed by atoms with Gasteiger partial charge in [0.05, 0.1) is 34.9 Å². The molecule has 3 aromatic carbocycles. The maximum absolute atomic E-state index is 15.4. The Labute approximate surface area is 236 Å². The molecule has 0 N–H and O–H groups in total. The summed E-state index contributed by atoms with van der Waals surface area (Å²) in [7, 11) is 0. The van der Waals surface area contributed by atoms with Crippen molar-refractivity contribution in [2.45, 2.75) is 19.6 Å². The summed E-state index contributed by atoms with van der Waals surface area (Å²) in [5, 5.41) is 17.7. The summed E-state index contributed by atoms with van der Waals surface area (Å²) in [6, 6.07) is 20.4. The van der Waals surface area contributed by atoms with E-state index in [0.29, 0.717) is 12.4 Å². The summed E-state index contributed by atoms with van der Waals surface area (Å²) in [5.74, 6) is -1.17. The summed E-state index contributed by atoms with van der Waals surface area (Å²) >= 11 is 1.40. The molecule has 0 saturated heterocycles. The van der Waals surface area contributed by atoms with Gasteiger partial charge in [0.15, 0.2) is 0 Å². The van der Waals surface area contributed by atoms with Gasteiger partial charge >= 0.3 is 0 Å². The summed E-state index contributed by atoms with van der Waals surface area (Å²) in [5.41, 5.74) is 3.93. The minimum Gasteiger partial charge on any atom is -0.473 e. The first kappa shape index (κ1) is 26.2. The van der Waals surface area contributed by atoms with Crippen molar-refractivity contribution in [2.75, 3.05) is 0 Å². The van der Waals surface area contributed by atoms with Crippen LogP contribution in [0.25, 0.3) is 22.3 Å². The predicted molar refractivity (Wildman–Crippen MR) is 147 cm³/mol. The molecule has 0 fully saturated rings. The standard InChI is InChI=1S/C30H19F3N6OS/c31-22-10-18(14-34)8-9-19(22)16-40-29-7-3-5-25(37-29)21-13-23(32)20(11-24(21)33)12-28-36-26-4-1-2-6-27(26)39(28)15-30-38-35-17-41-30/h1-11,13,17H,12,15-16H2. The van der Waals surface area contributed by atoms with Gasteiger partial charge < -0.3 is 9.30 Å². The quantitative estimate of drug-likeness (QED) is 0.210. The van der Waals surface area contributed by atoms with Crippen molar-refractivity contribution in [3.8, 4) is 23.2 Å². The molecular formula is C30H19F3N6OS. The zero-order chi connectivity index (χ0) is 28.3. The second-order valence-electron chi connectivity index (χ2n) is 9.10. The molecule has 202 valence electrons. The minimum atomic E-state index is -0.657. The topological polar surface area (TPSA) is 89.5 Å². The number of benzene rings is 3. The van der Waals surface area contributed by atoms with Crippen molar-refractivity contribution in [3.63, 3.8) is 0 Å². The first-order valence-electron chi connectivity index (χ1n) is 12.4. The molecule has 0 unspecified atom stereocenters. The van der Waals surface area contributed by atoms with E-state index >= 15 is 8.78 Å². The molecule has 0 aliphatic carbocycles. The SMILES string of the molecule is N#Cc1ccc(COc2cccc(-c3cc(F)c(Cc4nc5ccccc5n4Cc4nncs4)cc3F)n2)c(F)c1. The fourth-order valence-corrected chi connectivity index (χ4v) is 4.97. The van der Waals surface area contributed by atoms with Crippen LogP contribution in [0.3, 0.4) is 0 Å². The lowest BCUT2D eigenvalue weighted by atomic mass is 10.0. The van der Waals surface area contributed by atoms with Gasteiger partial charge in [-0.1, -0.05) is 24.3 Å². The average Bonchev–Trinajstić information content (AvgIpc) is 3.62. The molecule has 0 radical (unpaired) electrons. The lowest BCUT2D eigenvalue weighted by Crippen LogP contribution is -2.07. The lowest BCUT2D eigenvalue weighted by Gasteiger charge is -2.11. The fraction of sp³-hybridized carbons (Fsp3) is 0.100. The summed E-state index contributed by atoms with van der Waals surface area (Å²) in [4.78, 5) is 8.96. The highest BCUT2D eigenvalue weighted by Crippen LogP contribution is 2.28. The van der Waals surface area contributed by atoms with Gasteiger partial charge in [-0.15, -0.1) is 21.5 Å². The Balaban J connectivity index is 1.25. The van der Waals surface area contributed by atoms with Gasteiger partial charge in [-0.05, 0) is 48.0 Å². The normalized spacial score (nSPS) is 11.1. The first-order chi connectivity index (χ1) is 20.0. The van der Waals surface area contributed by atoms with E-state index in [1.54, 1.807) is 11.6 Å². The first-order valence-corrected chi connectivity index (χ1v) is 13.3. The Morgan fingerprint density at radius 2 is 1.73 bits per heavy atom. The molecule has 41 heavy (non-hydrogen) atoms. The lowest BCUT2D eigenvalue weighted by molar-refractivity contribution is 0.288. The van der Waals surface area contributed by atoms with Crippen molar-refractivity contribution >= 4 is 22.4 Å². The Kier molecular flexibility index (Phi) is 7.14. The Morgan fingerprint density at radius 1 is 0.878 bits per heavy atom. The molecular weight excluding hydrogens is 549 g/mol. The predicted octanol–water partition coefficient (Wildman–Crippen LogP) is 6.46. The minimum absolute atomic E-state index is 0.0383. The molecule has 11 heteroatoms. The zero-order valence-electron chi connectivity index (χ0n) is 21.3. The van der Waals surface area contributed by atoms with Gasteiger partial charge in [-0.3, -0.25) is 0 Å². The Bertz CT molecular complexity index is 1920. The van der Waals surface area contributed by atoms with Crippen LogP contribution in [-0.4, -0.2) is 24.7 Å². The van der Waals surface area contributed by atoms with Crippen LogP contribution in [0.5, 0.6) is 5.88 Å². The smallest absolute Gasteiger partial charge is 0.214 e. The summed E-state index contributed by atoms with van der Waals surface area (Å²) in [6.07, 6.45) is 0.0588. The zero-order valence-corrected chi connectivity index (χ0v) is 22.1. The van der Waals surface area contributed by atoms with E-state index in [1.807, 2.05) is 34.9 Å². The van der Waals surface area contributed by atoms with Crippen LogP contribution in [0.4, 0.5) is 13.2 Å². The Morgan fingerprint density at radius 3 is 2.54 bits per heavy atom. The summed E-state index contributed by atoms with van der Waals surface area (Å²) in [6.45, 7) is 0.258. The maximum atomic E-state index is 15.4. The Hall–Kier alpha value is -5.08. The average molecular weight is 569 g/mol. The van der Waals surface area contributed by atoms with Crippen molar-refractivity contribution < 1.29 is 17.9 Å². The molecule has 0 spiro atoms. The second-order valence-corrected chi connectivity index (χ2v) is 10.0. The van der Waals surface area contributed by atoms with Crippen LogP contribution in [0.1, 0.15) is 27.5 Å². The van der Waals surface area contributed by atoms with Gasteiger partial charge in [0, 0.05) is 23.6 Å². The molecule has 0 saturated carbocycles. The highest BCUT2D eigenvalue weighted by molar-refractivity contribution is 7.09. The van der Waals surface area contributed by atoms with Crippen LogP contribution < -0.4 is 4.74 Å². The highest BCUT2D eigenvalue weighted by atomic mass is 32.1. The molecule has 7 nitrogen and oxygen atoms in total. The van der Waals surface area contributed by atoms with Crippen LogP contribution in [0.15, 0.2) is 78.3 Å².